The zero-order valence-electron chi connectivity index (χ0n) is 8.80. The highest BCUT2D eigenvalue weighted by molar-refractivity contribution is 5.44. The predicted octanol–water partition coefficient (Wildman–Crippen LogP) is 2.43. The smallest absolute Gasteiger partial charge is 0.123 e. The molecule has 0 bridgehead atoms. The Hall–Kier alpha value is -1.02. The Balaban J connectivity index is 2.40. The highest BCUT2D eigenvalue weighted by Crippen LogP contribution is 2.33. The Labute approximate surface area is 85.0 Å². The molecule has 76 valence electrons. The van der Waals surface area contributed by atoms with E-state index in [1.807, 2.05) is 13.0 Å². The lowest BCUT2D eigenvalue weighted by Gasteiger charge is -2.15. The predicted molar refractivity (Wildman–Crippen MR) is 57.6 cm³/mol. The summed E-state index contributed by atoms with van der Waals surface area (Å²) in [7, 11) is 0. The molecule has 0 aliphatic carbocycles. The molecule has 1 heterocycles. The van der Waals surface area contributed by atoms with Crippen molar-refractivity contribution in [3.05, 3.63) is 28.8 Å². The van der Waals surface area contributed by atoms with E-state index in [0.717, 1.165) is 24.1 Å². The van der Waals surface area contributed by atoms with Gasteiger partial charge in [-0.25, -0.2) is 0 Å². The molecular formula is C12H17NO. The maximum atomic E-state index is 9.94. The molecule has 2 rings (SSSR count). The molecule has 1 saturated heterocycles. The fourth-order valence-electron chi connectivity index (χ4n) is 2.21. The standard InChI is InChI=1S/C12H17NO/c1-8-6-9(2)12(14)10(7-8)11-4-3-5-13-11/h6-7,11,13-14H,3-5H2,1-2H3. The van der Waals surface area contributed by atoms with Gasteiger partial charge in [0.25, 0.3) is 0 Å². The van der Waals surface area contributed by atoms with E-state index in [0.29, 0.717) is 11.8 Å². The van der Waals surface area contributed by atoms with Gasteiger partial charge in [-0.1, -0.05) is 17.7 Å². The number of hydrogen-bond acceptors (Lipinski definition) is 2. The van der Waals surface area contributed by atoms with Crippen LogP contribution in [0.5, 0.6) is 5.75 Å². The van der Waals surface area contributed by atoms with Crippen molar-refractivity contribution in [1.29, 1.82) is 0 Å². The molecule has 1 unspecified atom stereocenters. The van der Waals surface area contributed by atoms with Crippen molar-refractivity contribution in [1.82, 2.24) is 5.32 Å². The first-order chi connectivity index (χ1) is 6.68. The number of nitrogens with one attached hydrogen (secondary N) is 1. The SMILES string of the molecule is Cc1cc(C)c(O)c(C2CCCN2)c1. The summed E-state index contributed by atoms with van der Waals surface area (Å²) >= 11 is 0. The van der Waals surface area contributed by atoms with Crippen LogP contribution in [0, 0.1) is 13.8 Å². The highest BCUT2D eigenvalue weighted by atomic mass is 16.3. The fraction of sp³-hybridized carbons (Fsp3) is 0.500. The number of aryl methyl sites for hydroxylation is 2. The van der Waals surface area contributed by atoms with Crippen molar-refractivity contribution >= 4 is 0 Å². The molecule has 0 radical (unpaired) electrons. The molecule has 14 heavy (non-hydrogen) atoms. The number of phenolic OH excluding ortho intramolecular Hbond substituents is 1. The maximum absolute atomic E-state index is 9.94. The molecule has 2 heteroatoms. The van der Waals surface area contributed by atoms with E-state index in [4.69, 9.17) is 0 Å². The third-order valence-electron chi connectivity index (χ3n) is 2.91. The molecule has 0 amide bonds. The van der Waals surface area contributed by atoms with Gasteiger partial charge in [-0.3, -0.25) is 0 Å². The third kappa shape index (κ3) is 1.62. The molecule has 1 aliphatic heterocycles. The van der Waals surface area contributed by atoms with Gasteiger partial charge in [0.2, 0.25) is 0 Å². The molecule has 0 spiro atoms. The number of phenols is 1. The molecule has 1 fully saturated rings. The van der Waals surface area contributed by atoms with Gasteiger partial charge in [-0.2, -0.15) is 0 Å². The van der Waals surface area contributed by atoms with Crippen LogP contribution in [0.25, 0.3) is 0 Å². The molecule has 1 aromatic rings. The van der Waals surface area contributed by atoms with Crippen LogP contribution in [0.4, 0.5) is 0 Å². The Morgan fingerprint density at radius 3 is 2.79 bits per heavy atom. The van der Waals surface area contributed by atoms with Crippen LogP contribution in [0.1, 0.15) is 35.6 Å². The van der Waals surface area contributed by atoms with Crippen LogP contribution < -0.4 is 5.32 Å². The first kappa shape index (κ1) is 9.53. The largest absolute Gasteiger partial charge is 0.507 e. The Kier molecular flexibility index (Phi) is 2.46. The van der Waals surface area contributed by atoms with Crippen molar-refractivity contribution < 1.29 is 5.11 Å². The summed E-state index contributed by atoms with van der Waals surface area (Å²) in [5, 5.41) is 13.4. The van der Waals surface area contributed by atoms with Gasteiger partial charge in [-0.15, -0.1) is 0 Å². The zero-order chi connectivity index (χ0) is 10.1. The van der Waals surface area contributed by atoms with Gasteiger partial charge in [0.05, 0.1) is 0 Å². The van der Waals surface area contributed by atoms with Crippen LogP contribution in [-0.2, 0) is 0 Å². The van der Waals surface area contributed by atoms with Crippen LogP contribution in [0.3, 0.4) is 0 Å². The van der Waals surface area contributed by atoms with Crippen molar-refractivity contribution in [3.63, 3.8) is 0 Å². The van der Waals surface area contributed by atoms with Gasteiger partial charge in [0.15, 0.2) is 0 Å². The maximum Gasteiger partial charge on any atom is 0.123 e. The van der Waals surface area contributed by atoms with Gasteiger partial charge in [-0.05, 0) is 38.8 Å². The highest BCUT2D eigenvalue weighted by Gasteiger charge is 2.20. The summed E-state index contributed by atoms with van der Waals surface area (Å²) in [6.07, 6.45) is 2.34. The van der Waals surface area contributed by atoms with E-state index in [1.54, 1.807) is 0 Å². The quantitative estimate of drug-likeness (QED) is 0.714. The molecule has 2 nitrogen and oxygen atoms in total. The lowest BCUT2D eigenvalue weighted by atomic mass is 9.99. The summed E-state index contributed by atoms with van der Waals surface area (Å²) < 4.78 is 0. The van der Waals surface area contributed by atoms with E-state index in [1.165, 1.54) is 12.0 Å². The zero-order valence-corrected chi connectivity index (χ0v) is 8.80. The van der Waals surface area contributed by atoms with E-state index in [-0.39, 0.29) is 0 Å². The Morgan fingerprint density at radius 1 is 1.36 bits per heavy atom. The van der Waals surface area contributed by atoms with Crippen LogP contribution in [0.15, 0.2) is 12.1 Å². The minimum atomic E-state index is 0.355. The first-order valence-electron chi connectivity index (χ1n) is 5.22. The third-order valence-corrected chi connectivity index (χ3v) is 2.91. The number of benzene rings is 1. The molecule has 1 aliphatic rings. The average Bonchev–Trinajstić information content (AvgIpc) is 2.63. The van der Waals surface area contributed by atoms with E-state index >= 15 is 0 Å². The molecular weight excluding hydrogens is 174 g/mol. The van der Waals surface area contributed by atoms with Crippen LogP contribution in [-0.4, -0.2) is 11.7 Å². The van der Waals surface area contributed by atoms with Gasteiger partial charge in [0.1, 0.15) is 5.75 Å². The van der Waals surface area contributed by atoms with E-state index in [9.17, 15) is 5.11 Å². The van der Waals surface area contributed by atoms with E-state index < -0.39 is 0 Å². The summed E-state index contributed by atoms with van der Waals surface area (Å²) in [4.78, 5) is 0. The molecule has 1 atom stereocenters. The number of rotatable bonds is 1. The van der Waals surface area contributed by atoms with E-state index in [2.05, 4.69) is 18.3 Å². The van der Waals surface area contributed by atoms with Crippen LogP contribution in [0.2, 0.25) is 0 Å². The summed E-state index contributed by atoms with van der Waals surface area (Å²) in [6, 6.07) is 4.47. The van der Waals surface area contributed by atoms with Gasteiger partial charge < -0.3 is 10.4 Å². The molecule has 0 saturated carbocycles. The minimum absolute atomic E-state index is 0.355. The van der Waals surface area contributed by atoms with Crippen molar-refractivity contribution in [2.45, 2.75) is 32.7 Å². The number of aromatic hydroxyl groups is 1. The Bertz CT molecular complexity index is 340. The molecule has 0 aromatic heterocycles. The normalized spacial score (nSPS) is 21.4. The summed E-state index contributed by atoms with van der Waals surface area (Å²) in [6.45, 7) is 5.10. The van der Waals surface area contributed by atoms with Gasteiger partial charge in [0, 0.05) is 11.6 Å². The average molecular weight is 191 g/mol. The molecule has 1 aromatic carbocycles. The summed E-state index contributed by atoms with van der Waals surface area (Å²) in [5.74, 6) is 0.468. The minimum Gasteiger partial charge on any atom is -0.507 e. The topological polar surface area (TPSA) is 32.3 Å². The van der Waals surface area contributed by atoms with Gasteiger partial charge >= 0.3 is 0 Å². The van der Waals surface area contributed by atoms with Crippen molar-refractivity contribution in [2.75, 3.05) is 6.54 Å². The monoisotopic (exact) mass is 191 g/mol. The second-order valence-electron chi connectivity index (χ2n) is 4.17. The lowest BCUT2D eigenvalue weighted by molar-refractivity contribution is 0.452. The Morgan fingerprint density at radius 2 is 2.14 bits per heavy atom. The number of hydrogen-bond donors (Lipinski definition) is 2. The second kappa shape index (κ2) is 3.62. The second-order valence-corrected chi connectivity index (χ2v) is 4.17. The van der Waals surface area contributed by atoms with Crippen LogP contribution >= 0.6 is 0 Å². The van der Waals surface area contributed by atoms with Crippen molar-refractivity contribution in [2.24, 2.45) is 0 Å². The first-order valence-corrected chi connectivity index (χ1v) is 5.22. The van der Waals surface area contributed by atoms with Crippen molar-refractivity contribution in [3.8, 4) is 5.75 Å². The molecule has 2 N–H and O–H groups in total. The lowest BCUT2D eigenvalue weighted by Crippen LogP contribution is -2.13. The summed E-state index contributed by atoms with van der Waals surface area (Å²) in [5.41, 5.74) is 3.28. The fourth-order valence-corrected chi connectivity index (χ4v) is 2.21.